The molecular weight excluding hydrogens is 512 g/mol. The van der Waals surface area contributed by atoms with E-state index in [-0.39, 0.29) is 5.41 Å². The molecule has 3 nitrogen and oxygen atoms in total. The van der Waals surface area contributed by atoms with Gasteiger partial charge in [0.25, 0.3) is 0 Å². The van der Waals surface area contributed by atoms with E-state index in [0.29, 0.717) is 0 Å². The number of hydrogen-bond acceptors (Lipinski definition) is 1. The van der Waals surface area contributed by atoms with Crippen molar-refractivity contribution in [1.82, 2.24) is 0 Å². The number of fused-ring (bicyclic) bond motifs is 16. The summed E-state index contributed by atoms with van der Waals surface area (Å²) in [6.07, 6.45) is 5.65. The van der Waals surface area contributed by atoms with E-state index in [1.54, 1.807) is 0 Å². The molecule has 0 saturated heterocycles. The van der Waals surface area contributed by atoms with Gasteiger partial charge in [-0.25, -0.2) is 0 Å². The lowest BCUT2D eigenvalue weighted by Crippen LogP contribution is -2.71. The molecule has 3 aromatic carbocycles. The molecule has 3 heteroatoms. The molecule has 3 aromatic heterocycles. The molecule has 0 amide bonds. The highest BCUT2D eigenvalue weighted by molar-refractivity contribution is 6.13. The number of aromatic nitrogens is 2. The zero-order valence-electron chi connectivity index (χ0n) is 25.1. The van der Waals surface area contributed by atoms with Crippen LogP contribution < -0.4 is 9.13 Å². The van der Waals surface area contributed by atoms with Crippen molar-refractivity contribution in [3.05, 3.63) is 124 Å². The predicted molar refractivity (Wildman–Crippen MR) is 168 cm³/mol. The normalized spacial score (nSPS) is 18.1. The van der Waals surface area contributed by atoms with Crippen LogP contribution in [-0.2, 0) is 17.5 Å². The lowest BCUT2D eigenvalue weighted by molar-refractivity contribution is -0.955. The smallest absolute Gasteiger partial charge is 0.417 e. The third-order valence-corrected chi connectivity index (χ3v) is 10.2. The van der Waals surface area contributed by atoms with E-state index in [1.807, 2.05) is 0 Å². The van der Waals surface area contributed by atoms with E-state index in [0.717, 1.165) is 17.6 Å². The fourth-order valence-electron chi connectivity index (χ4n) is 8.34. The topological polar surface area (TPSA) is 20.9 Å². The largest absolute Gasteiger partial charge is 0.454 e. The van der Waals surface area contributed by atoms with Crippen LogP contribution in [0.3, 0.4) is 0 Å². The van der Waals surface area contributed by atoms with Gasteiger partial charge < -0.3 is 4.42 Å². The third-order valence-electron chi connectivity index (χ3n) is 10.2. The van der Waals surface area contributed by atoms with E-state index in [1.165, 1.54) is 77.8 Å². The first-order chi connectivity index (χ1) is 20.2. The summed E-state index contributed by atoms with van der Waals surface area (Å²) in [6, 6.07) is 27.2. The molecular formula is C39H34N2O+2. The van der Waals surface area contributed by atoms with Crippen LogP contribution in [0.15, 0.2) is 95.2 Å². The van der Waals surface area contributed by atoms with Crippen molar-refractivity contribution in [3.63, 3.8) is 0 Å². The van der Waals surface area contributed by atoms with Crippen molar-refractivity contribution < 1.29 is 13.6 Å². The standard InChI is InChI=1S/C39H34N2O/c1-22-19-25-14-15-26-27-16-17-30-35(37(27)42-36(26)34(25)24(22)3)33-20-31(38(4,5)6)23(2)21-41(33)39(30)29-12-8-7-11-28(29)32-13-9-10-18-40(32)39/h7-18,20-21H,19H2,1-6H3/q+2. The van der Waals surface area contributed by atoms with Gasteiger partial charge in [0.2, 0.25) is 11.4 Å². The van der Waals surface area contributed by atoms with Crippen LogP contribution in [0.25, 0.3) is 50.0 Å². The second-order valence-corrected chi connectivity index (χ2v) is 13.6. The van der Waals surface area contributed by atoms with Crippen LogP contribution in [0.4, 0.5) is 0 Å². The fourth-order valence-corrected chi connectivity index (χ4v) is 8.34. The summed E-state index contributed by atoms with van der Waals surface area (Å²) < 4.78 is 12.1. The summed E-state index contributed by atoms with van der Waals surface area (Å²) in [5.74, 6) is 0. The Labute approximate surface area is 246 Å². The molecule has 1 unspecified atom stereocenters. The van der Waals surface area contributed by atoms with Crippen LogP contribution in [0.1, 0.15) is 68.0 Å². The zero-order valence-corrected chi connectivity index (χ0v) is 25.1. The van der Waals surface area contributed by atoms with Crippen LogP contribution in [0, 0.1) is 6.92 Å². The molecule has 9 rings (SSSR count). The average Bonchev–Trinajstić information content (AvgIpc) is 3.66. The van der Waals surface area contributed by atoms with Crippen LogP contribution in [0.2, 0.25) is 0 Å². The van der Waals surface area contributed by atoms with Gasteiger partial charge in [0, 0.05) is 40.1 Å². The number of hydrogen-bond donors (Lipinski definition) is 0. The Balaban J connectivity index is 1.49. The molecule has 1 aliphatic carbocycles. The highest BCUT2D eigenvalue weighted by Gasteiger charge is 2.67. The summed E-state index contributed by atoms with van der Waals surface area (Å²) in [4.78, 5) is 0. The molecule has 204 valence electrons. The maximum absolute atomic E-state index is 7.09. The number of allylic oxidation sites excluding steroid dienone is 2. The molecule has 1 spiro atoms. The lowest BCUT2D eigenvalue weighted by Gasteiger charge is -2.22. The minimum Gasteiger partial charge on any atom is -0.454 e. The number of aryl methyl sites for hydroxylation is 1. The summed E-state index contributed by atoms with van der Waals surface area (Å²) in [7, 11) is 0. The second-order valence-electron chi connectivity index (χ2n) is 13.6. The van der Waals surface area contributed by atoms with Gasteiger partial charge in [-0.1, -0.05) is 50.6 Å². The van der Waals surface area contributed by atoms with E-state index < -0.39 is 5.66 Å². The van der Waals surface area contributed by atoms with Gasteiger partial charge >= 0.3 is 5.66 Å². The van der Waals surface area contributed by atoms with Gasteiger partial charge in [-0.3, -0.25) is 0 Å². The number of benzene rings is 3. The van der Waals surface area contributed by atoms with Crippen LogP contribution >= 0.6 is 0 Å². The van der Waals surface area contributed by atoms with Crippen molar-refractivity contribution in [3.8, 4) is 22.5 Å². The Hall–Kier alpha value is -4.50. The van der Waals surface area contributed by atoms with Crippen LogP contribution in [-0.4, -0.2) is 0 Å². The molecule has 5 heterocycles. The Morgan fingerprint density at radius 2 is 1.48 bits per heavy atom. The van der Waals surface area contributed by atoms with Gasteiger partial charge in [0.05, 0.1) is 5.56 Å². The van der Waals surface area contributed by atoms with E-state index in [2.05, 4.69) is 136 Å². The van der Waals surface area contributed by atoms with Gasteiger partial charge in [0.1, 0.15) is 27.9 Å². The first-order valence-electron chi connectivity index (χ1n) is 15.1. The number of pyridine rings is 2. The summed E-state index contributed by atoms with van der Waals surface area (Å²) in [5.41, 5.74) is 17.1. The van der Waals surface area contributed by atoms with E-state index in [4.69, 9.17) is 4.42 Å². The number of nitrogens with zero attached hydrogens (tertiary/aromatic N) is 2. The minimum atomic E-state index is -0.541. The minimum absolute atomic E-state index is 0.0102. The van der Waals surface area contributed by atoms with Gasteiger partial charge in [-0.2, -0.15) is 0 Å². The average molecular weight is 547 g/mol. The van der Waals surface area contributed by atoms with Gasteiger partial charge in [-0.15, -0.1) is 9.13 Å². The summed E-state index contributed by atoms with van der Waals surface area (Å²) >= 11 is 0. The highest BCUT2D eigenvalue weighted by Crippen LogP contribution is 2.52. The highest BCUT2D eigenvalue weighted by atomic mass is 16.3. The molecule has 0 saturated carbocycles. The van der Waals surface area contributed by atoms with Crippen molar-refractivity contribution >= 4 is 27.5 Å². The number of rotatable bonds is 0. The molecule has 0 radical (unpaired) electrons. The molecule has 3 aliphatic rings. The second kappa shape index (κ2) is 7.66. The molecule has 1 atom stereocenters. The maximum Gasteiger partial charge on any atom is 0.417 e. The molecule has 42 heavy (non-hydrogen) atoms. The Kier molecular flexibility index (Phi) is 4.40. The van der Waals surface area contributed by atoms with E-state index in [9.17, 15) is 0 Å². The Morgan fingerprint density at radius 1 is 0.738 bits per heavy atom. The van der Waals surface area contributed by atoms with Crippen LogP contribution in [0.5, 0.6) is 0 Å². The van der Waals surface area contributed by atoms with Crippen molar-refractivity contribution in [2.24, 2.45) is 0 Å². The fraction of sp³-hybridized carbons (Fsp3) is 0.231. The Morgan fingerprint density at radius 3 is 2.29 bits per heavy atom. The van der Waals surface area contributed by atoms with Gasteiger partial charge in [0.15, 0.2) is 12.4 Å². The molecule has 2 aliphatic heterocycles. The number of furan rings is 1. The van der Waals surface area contributed by atoms with Crippen molar-refractivity contribution in [1.29, 1.82) is 0 Å². The van der Waals surface area contributed by atoms with Gasteiger partial charge in [-0.05, 0) is 79.6 Å². The third kappa shape index (κ3) is 2.68. The quantitative estimate of drug-likeness (QED) is 0.175. The first-order valence-corrected chi connectivity index (χ1v) is 15.1. The molecule has 6 aromatic rings. The van der Waals surface area contributed by atoms with E-state index >= 15 is 0 Å². The first kappa shape index (κ1) is 24.1. The lowest BCUT2D eigenvalue weighted by atomic mass is 9.84. The van der Waals surface area contributed by atoms with Crippen molar-refractivity contribution in [2.45, 2.75) is 59.0 Å². The maximum atomic E-state index is 7.09. The summed E-state index contributed by atoms with van der Waals surface area (Å²) in [6.45, 7) is 13.7. The SMILES string of the molecule is CC1=C(C)c2c(ccc3c2oc2c4c(ccc23)C2(c3ccccc3-c3cccc[n+]32)[n+]2cc(C)c(C(C)(C)C)cc2-4)C1. The van der Waals surface area contributed by atoms with Crippen molar-refractivity contribution in [2.75, 3.05) is 0 Å². The molecule has 0 fully saturated rings. The Bertz CT molecular complexity index is 2190. The summed E-state index contributed by atoms with van der Waals surface area (Å²) in [5, 5.41) is 2.39. The molecule has 0 bridgehead atoms. The zero-order chi connectivity index (χ0) is 28.7. The predicted octanol–water partition coefficient (Wildman–Crippen LogP) is 8.37. The molecule has 0 N–H and O–H groups in total. The monoisotopic (exact) mass is 546 g/mol.